The minimum atomic E-state index is -3.51. The maximum Gasteiger partial charge on any atom is 0.246 e. The molecule has 0 aliphatic heterocycles. The van der Waals surface area contributed by atoms with E-state index >= 15 is 0 Å². The summed E-state index contributed by atoms with van der Waals surface area (Å²) in [5.74, 6) is 1.20. The maximum atomic E-state index is 12.7. The molecule has 0 bridgehead atoms. The number of benzene rings is 1. The fourth-order valence-electron chi connectivity index (χ4n) is 2.13. The van der Waals surface area contributed by atoms with Crippen LogP contribution in [0.15, 0.2) is 23.1 Å². The quantitative estimate of drug-likeness (QED) is 0.726. The monoisotopic (exact) mass is 317 g/mol. The Morgan fingerprint density at radius 2 is 2.10 bits per heavy atom. The van der Waals surface area contributed by atoms with E-state index in [0.717, 1.165) is 18.4 Å². The van der Waals surface area contributed by atoms with Gasteiger partial charge in [0.2, 0.25) is 10.0 Å². The van der Waals surface area contributed by atoms with Gasteiger partial charge in [0.15, 0.2) is 0 Å². The molecule has 1 aromatic rings. The number of hydrogen-bond donors (Lipinski definition) is 0. The van der Waals surface area contributed by atoms with Crippen LogP contribution in [0.5, 0.6) is 5.75 Å². The summed E-state index contributed by atoms with van der Waals surface area (Å²) in [5.41, 5.74) is 0.840. The molecular formula is C14H20ClNO3S. The Balaban J connectivity index is 2.36. The minimum absolute atomic E-state index is 0.219. The topological polar surface area (TPSA) is 46.6 Å². The van der Waals surface area contributed by atoms with Gasteiger partial charge in [0.25, 0.3) is 0 Å². The molecule has 0 spiro atoms. The first kappa shape index (κ1) is 15.6. The maximum absolute atomic E-state index is 12.7. The van der Waals surface area contributed by atoms with Crippen molar-refractivity contribution in [3.63, 3.8) is 0 Å². The SMILES string of the molecule is CCN(CC1CC1)S(=O)(=O)c1ccc(CCl)cc1OC. The van der Waals surface area contributed by atoms with Gasteiger partial charge in [-0.15, -0.1) is 11.6 Å². The van der Waals surface area contributed by atoms with E-state index in [-0.39, 0.29) is 4.90 Å². The smallest absolute Gasteiger partial charge is 0.246 e. The summed E-state index contributed by atoms with van der Waals surface area (Å²) >= 11 is 5.77. The molecule has 0 amide bonds. The van der Waals surface area contributed by atoms with Gasteiger partial charge < -0.3 is 4.74 Å². The molecule has 0 unspecified atom stereocenters. The van der Waals surface area contributed by atoms with Gasteiger partial charge >= 0.3 is 0 Å². The second-order valence-corrected chi connectivity index (χ2v) is 7.19. The number of sulfonamides is 1. The average Bonchev–Trinajstić information content (AvgIpc) is 3.27. The average molecular weight is 318 g/mol. The van der Waals surface area contributed by atoms with E-state index in [1.807, 2.05) is 6.92 Å². The molecule has 0 aromatic heterocycles. The largest absolute Gasteiger partial charge is 0.495 e. The molecule has 1 saturated carbocycles. The highest BCUT2D eigenvalue weighted by Crippen LogP contribution is 2.33. The molecule has 1 fully saturated rings. The Bertz CT molecular complexity index is 570. The summed E-state index contributed by atoms with van der Waals surface area (Å²) in [6.45, 7) is 2.93. The van der Waals surface area contributed by atoms with Crippen molar-refractivity contribution in [3.05, 3.63) is 23.8 Å². The predicted molar refractivity (Wildman–Crippen MR) is 79.7 cm³/mol. The van der Waals surface area contributed by atoms with Crippen LogP contribution in [0.4, 0.5) is 0 Å². The third kappa shape index (κ3) is 3.27. The molecule has 2 rings (SSSR count). The number of methoxy groups -OCH3 is 1. The van der Waals surface area contributed by atoms with E-state index < -0.39 is 10.0 Å². The number of nitrogens with zero attached hydrogens (tertiary/aromatic N) is 1. The van der Waals surface area contributed by atoms with Crippen molar-refractivity contribution >= 4 is 21.6 Å². The lowest BCUT2D eigenvalue weighted by Crippen LogP contribution is -2.33. The lowest BCUT2D eigenvalue weighted by molar-refractivity contribution is 0.388. The molecule has 4 nitrogen and oxygen atoms in total. The number of alkyl halides is 1. The van der Waals surface area contributed by atoms with Crippen molar-refractivity contribution in [1.29, 1.82) is 0 Å². The predicted octanol–water partition coefficient (Wildman–Crippen LogP) is 2.85. The molecule has 0 atom stereocenters. The molecule has 0 N–H and O–H groups in total. The van der Waals surface area contributed by atoms with Crippen LogP contribution in [0.1, 0.15) is 25.3 Å². The summed E-state index contributed by atoms with van der Waals surface area (Å²) in [4.78, 5) is 0.219. The minimum Gasteiger partial charge on any atom is -0.495 e. The molecule has 112 valence electrons. The Hall–Kier alpha value is -0.780. The third-order valence-corrected chi connectivity index (χ3v) is 5.80. The first-order valence-electron chi connectivity index (χ1n) is 6.76. The Morgan fingerprint density at radius 3 is 2.60 bits per heavy atom. The summed E-state index contributed by atoms with van der Waals surface area (Å²) in [6, 6.07) is 5.00. The fraction of sp³-hybridized carbons (Fsp3) is 0.571. The van der Waals surface area contributed by atoms with Crippen LogP contribution in [-0.2, 0) is 15.9 Å². The molecule has 6 heteroatoms. The summed E-state index contributed by atoms with van der Waals surface area (Å²) in [5, 5.41) is 0. The summed E-state index contributed by atoms with van der Waals surface area (Å²) in [6.07, 6.45) is 2.24. The fourth-order valence-corrected chi connectivity index (χ4v) is 3.96. The van der Waals surface area contributed by atoms with Crippen LogP contribution in [0.2, 0.25) is 0 Å². The van der Waals surface area contributed by atoms with E-state index in [2.05, 4.69) is 0 Å². The van der Waals surface area contributed by atoms with E-state index in [4.69, 9.17) is 16.3 Å². The molecule has 1 aliphatic carbocycles. The van der Waals surface area contributed by atoms with Crippen molar-refractivity contribution in [3.8, 4) is 5.75 Å². The van der Waals surface area contributed by atoms with Crippen molar-refractivity contribution in [2.45, 2.75) is 30.5 Å². The zero-order chi connectivity index (χ0) is 14.8. The highest BCUT2D eigenvalue weighted by atomic mass is 35.5. The van der Waals surface area contributed by atoms with Gasteiger partial charge in [-0.3, -0.25) is 0 Å². The first-order chi connectivity index (χ1) is 9.52. The van der Waals surface area contributed by atoms with Gasteiger partial charge in [-0.1, -0.05) is 13.0 Å². The summed E-state index contributed by atoms with van der Waals surface area (Å²) < 4.78 is 32.2. The molecular weight excluding hydrogens is 298 g/mol. The normalized spacial score (nSPS) is 15.6. The van der Waals surface area contributed by atoms with Gasteiger partial charge in [0.1, 0.15) is 10.6 Å². The van der Waals surface area contributed by atoms with Crippen LogP contribution in [-0.4, -0.2) is 32.9 Å². The molecule has 0 saturated heterocycles. The number of ether oxygens (including phenoxy) is 1. The van der Waals surface area contributed by atoms with E-state index in [1.54, 1.807) is 18.2 Å². The third-order valence-electron chi connectivity index (χ3n) is 3.51. The second kappa shape index (κ2) is 6.33. The van der Waals surface area contributed by atoms with Crippen LogP contribution in [0.25, 0.3) is 0 Å². The Morgan fingerprint density at radius 1 is 1.40 bits per heavy atom. The van der Waals surface area contributed by atoms with Crippen LogP contribution >= 0.6 is 11.6 Å². The molecule has 0 radical (unpaired) electrons. The van der Waals surface area contributed by atoms with Crippen molar-refractivity contribution < 1.29 is 13.2 Å². The lowest BCUT2D eigenvalue weighted by atomic mass is 10.2. The van der Waals surface area contributed by atoms with Crippen LogP contribution < -0.4 is 4.74 Å². The van der Waals surface area contributed by atoms with Gasteiger partial charge in [-0.25, -0.2) is 8.42 Å². The van der Waals surface area contributed by atoms with Gasteiger partial charge in [0.05, 0.1) is 7.11 Å². The molecule has 20 heavy (non-hydrogen) atoms. The second-order valence-electron chi connectivity index (χ2n) is 5.02. The van der Waals surface area contributed by atoms with E-state index in [0.29, 0.717) is 30.6 Å². The standard InChI is InChI=1S/C14H20ClNO3S/c1-3-16(10-11-4-5-11)20(17,18)14-7-6-12(9-15)8-13(14)19-2/h6-8,11H,3-5,9-10H2,1-2H3. The van der Waals surface area contributed by atoms with E-state index in [1.165, 1.54) is 11.4 Å². The Labute approximate surface area is 125 Å². The van der Waals surface area contributed by atoms with Gasteiger partial charge in [-0.05, 0) is 36.5 Å². The number of rotatable bonds is 7. The zero-order valence-electron chi connectivity index (χ0n) is 11.8. The van der Waals surface area contributed by atoms with E-state index in [9.17, 15) is 8.42 Å². The van der Waals surface area contributed by atoms with Crippen molar-refractivity contribution in [2.24, 2.45) is 5.92 Å². The molecule has 0 heterocycles. The number of hydrogen-bond acceptors (Lipinski definition) is 3. The first-order valence-corrected chi connectivity index (χ1v) is 8.73. The van der Waals surface area contributed by atoms with Crippen molar-refractivity contribution in [1.82, 2.24) is 4.31 Å². The lowest BCUT2D eigenvalue weighted by Gasteiger charge is -2.21. The van der Waals surface area contributed by atoms with Gasteiger partial charge in [0, 0.05) is 19.0 Å². The van der Waals surface area contributed by atoms with Crippen molar-refractivity contribution in [2.75, 3.05) is 20.2 Å². The zero-order valence-corrected chi connectivity index (χ0v) is 13.4. The van der Waals surface area contributed by atoms with Crippen LogP contribution in [0.3, 0.4) is 0 Å². The number of halogens is 1. The highest BCUT2D eigenvalue weighted by Gasteiger charge is 2.32. The summed E-state index contributed by atoms with van der Waals surface area (Å²) in [7, 11) is -2.03. The molecule has 1 aliphatic rings. The van der Waals surface area contributed by atoms with Gasteiger partial charge in [-0.2, -0.15) is 4.31 Å². The highest BCUT2D eigenvalue weighted by molar-refractivity contribution is 7.89. The molecule has 1 aromatic carbocycles. The Kier molecular flexibility index (Phi) is 4.94. The van der Waals surface area contributed by atoms with Crippen LogP contribution in [0, 0.1) is 5.92 Å².